The van der Waals surface area contributed by atoms with Gasteiger partial charge >= 0.3 is 0 Å². The number of rotatable bonds is 9. The molecule has 1 heterocycles. The molecule has 0 radical (unpaired) electrons. The molecule has 1 aromatic heterocycles. The number of allylic oxidation sites excluding steroid dienone is 1. The first-order chi connectivity index (χ1) is 13.9. The van der Waals surface area contributed by atoms with Crippen molar-refractivity contribution in [2.75, 3.05) is 0 Å². The largest absolute Gasteiger partial charge is 0.345 e. The number of nitrogens with two attached hydrogens (primary N) is 1. The zero-order chi connectivity index (χ0) is 20.8. The minimum absolute atomic E-state index is 0.0317. The summed E-state index contributed by atoms with van der Waals surface area (Å²) in [6.45, 7) is 1.70. The zero-order valence-electron chi connectivity index (χ0n) is 16.5. The average molecular weight is 412 g/mol. The lowest BCUT2D eigenvalue weighted by atomic mass is 10.0. The smallest absolute Gasteiger partial charge is 0.237 e. The van der Waals surface area contributed by atoms with Crippen LogP contribution in [0, 0.1) is 0 Å². The standard InChI is InChI=1S/C23H26ClN3O2/c1-15(27-23(29)20(25)10-7-16-5-3-2-4-6-16)22(28)12-8-17-13-18-19(24)9-11-21(18)26-14-17/h2-6,9,13-15,20H,7-8,10-12,25H2,1H3,(H,27,29)/t15-,20+/m0/s1. The van der Waals surface area contributed by atoms with Crippen LogP contribution in [0.4, 0.5) is 0 Å². The Morgan fingerprint density at radius 1 is 1.21 bits per heavy atom. The average Bonchev–Trinajstić information content (AvgIpc) is 3.11. The van der Waals surface area contributed by atoms with E-state index in [-0.39, 0.29) is 11.7 Å². The van der Waals surface area contributed by atoms with Crippen LogP contribution >= 0.6 is 11.6 Å². The first kappa shape index (κ1) is 21.2. The molecule has 0 aliphatic heterocycles. The van der Waals surface area contributed by atoms with E-state index in [1.165, 1.54) is 0 Å². The number of carbonyl (C=O) groups excluding carboxylic acids is 2. The molecule has 0 unspecified atom stereocenters. The van der Waals surface area contributed by atoms with E-state index >= 15 is 0 Å². The summed E-state index contributed by atoms with van der Waals surface area (Å²) in [5.41, 5.74) is 10.0. The topological polar surface area (TPSA) is 85.1 Å². The summed E-state index contributed by atoms with van der Waals surface area (Å²) in [6.07, 6.45) is 6.62. The van der Waals surface area contributed by atoms with E-state index < -0.39 is 12.1 Å². The van der Waals surface area contributed by atoms with Crippen LogP contribution in [0.15, 0.2) is 48.7 Å². The molecule has 5 nitrogen and oxygen atoms in total. The molecule has 1 aliphatic carbocycles. The third-order valence-electron chi connectivity index (χ3n) is 5.18. The maximum atomic E-state index is 12.4. The van der Waals surface area contributed by atoms with Gasteiger partial charge in [0.15, 0.2) is 5.78 Å². The first-order valence-corrected chi connectivity index (χ1v) is 10.3. The lowest BCUT2D eigenvalue weighted by Gasteiger charge is -2.17. The van der Waals surface area contributed by atoms with E-state index in [2.05, 4.69) is 10.3 Å². The fourth-order valence-corrected chi connectivity index (χ4v) is 3.56. The van der Waals surface area contributed by atoms with Gasteiger partial charge in [-0.05, 0) is 43.4 Å². The Morgan fingerprint density at radius 3 is 2.72 bits per heavy atom. The predicted molar refractivity (Wildman–Crippen MR) is 115 cm³/mol. The molecule has 2 aromatic rings. The molecular formula is C23H26ClN3O2. The molecule has 1 aliphatic rings. The van der Waals surface area contributed by atoms with E-state index in [0.717, 1.165) is 35.2 Å². The molecule has 1 amide bonds. The van der Waals surface area contributed by atoms with Gasteiger partial charge in [0.05, 0.1) is 17.8 Å². The number of ketones is 1. The summed E-state index contributed by atoms with van der Waals surface area (Å²) in [5.74, 6) is -0.325. The lowest BCUT2D eigenvalue weighted by Crippen LogP contribution is -2.47. The quantitative estimate of drug-likeness (QED) is 0.663. The Morgan fingerprint density at radius 2 is 1.97 bits per heavy atom. The van der Waals surface area contributed by atoms with Gasteiger partial charge in [0.1, 0.15) is 0 Å². The number of benzene rings is 1. The van der Waals surface area contributed by atoms with Crippen LogP contribution in [0.5, 0.6) is 0 Å². The number of carbonyl (C=O) groups is 2. The van der Waals surface area contributed by atoms with Crippen LogP contribution in [0.2, 0.25) is 0 Å². The number of amides is 1. The second-order valence-electron chi connectivity index (χ2n) is 7.42. The van der Waals surface area contributed by atoms with Gasteiger partial charge in [-0.25, -0.2) is 0 Å². The minimum atomic E-state index is -0.639. The van der Waals surface area contributed by atoms with E-state index in [4.69, 9.17) is 17.3 Å². The summed E-state index contributed by atoms with van der Waals surface area (Å²) in [6, 6.07) is 10.7. The van der Waals surface area contributed by atoms with Crippen LogP contribution in [-0.2, 0) is 28.9 Å². The number of nitrogens with one attached hydrogen (secondary N) is 1. The molecule has 29 heavy (non-hydrogen) atoms. The molecule has 0 fully saturated rings. The fourth-order valence-electron chi connectivity index (χ4n) is 3.32. The third-order valence-corrected chi connectivity index (χ3v) is 5.54. The van der Waals surface area contributed by atoms with Crippen molar-refractivity contribution in [1.29, 1.82) is 0 Å². The first-order valence-electron chi connectivity index (χ1n) is 9.90. The van der Waals surface area contributed by atoms with Crippen molar-refractivity contribution in [3.8, 4) is 0 Å². The summed E-state index contributed by atoms with van der Waals surface area (Å²) in [5, 5.41) is 3.46. The number of halogens is 1. The van der Waals surface area contributed by atoms with Crippen LogP contribution < -0.4 is 11.1 Å². The molecular weight excluding hydrogens is 386 g/mol. The Labute approximate surface area is 176 Å². The van der Waals surface area contributed by atoms with Crippen molar-refractivity contribution < 1.29 is 9.59 Å². The van der Waals surface area contributed by atoms with Gasteiger partial charge in [0.2, 0.25) is 5.91 Å². The SMILES string of the molecule is C[C@H](NC(=O)[C@H](N)CCc1ccccc1)C(=O)CCc1cnc2c(c1)C(Cl)=CC2. The molecule has 0 saturated heterocycles. The second kappa shape index (κ2) is 9.81. The van der Waals surface area contributed by atoms with E-state index in [0.29, 0.717) is 24.3 Å². The number of aryl methyl sites for hydroxylation is 2. The highest BCUT2D eigenvalue weighted by Crippen LogP contribution is 2.29. The van der Waals surface area contributed by atoms with E-state index in [1.807, 2.05) is 42.5 Å². The summed E-state index contributed by atoms with van der Waals surface area (Å²) >= 11 is 6.17. The van der Waals surface area contributed by atoms with E-state index in [1.54, 1.807) is 13.1 Å². The van der Waals surface area contributed by atoms with Gasteiger partial charge in [-0.2, -0.15) is 0 Å². The highest BCUT2D eigenvalue weighted by molar-refractivity contribution is 6.49. The van der Waals surface area contributed by atoms with Gasteiger partial charge in [0.25, 0.3) is 0 Å². The van der Waals surface area contributed by atoms with Crippen LogP contribution in [0.25, 0.3) is 5.03 Å². The van der Waals surface area contributed by atoms with E-state index in [9.17, 15) is 9.59 Å². The Balaban J connectivity index is 1.44. The van der Waals surface area contributed by atoms with Crippen LogP contribution in [0.3, 0.4) is 0 Å². The van der Waals surface area contributed by atoms with Gasteiger partial charge in [-0.15, -0.1) is 0 Å². The van der Waals surface area contributed by atoms with Gasteiger partial charge in [-0.1, -0.05) is 48.0 Å². The molecule has 1 aromatic carbocycles. The van der Waals surface area contributed by atoms with Crippen molar-refractivity contribution in [1.82, 2.24) is 10.3 Å². The van der Waals surface area contributed by atoms with Crippen LogP contribution in [0.1, 0.15) is 42.1 Å². The number of fused-ring (bicyclic) bond motifs is 1. The molecule has 0 bridgehead atoms. The number of aromatic nitrogens is 1. The minimum Gasteiger partial charge on any atom is -0.345 e. The highest BCUT2D eigenvalue weighted by Gasteiger charge is 2.20. The maximum Gasteiger partial charge on any atom is 0.237 e. The monoisotopic (exact) mass is 411 g/mol. The molecule has 152 valence electrons. The van der Waals surface area contributed by atoms with Crippen LogP contribution in [-0.4, -0.2) is 28.8 Å². The fraction of sp³-hybridized carbons (Fsp3) is 0.348. The number of hydrogen-bond donors (Lipinski definition) is 2. The van der Waals surface area contributed by atoms with Crippen molar-refractivity contribution >= 4 is 28.3 Å². The van der Waals surface area contributed by atoms with Crippen molar-refractivity contribution in [3.63, 3.8) is 0 Å². The van der Waals surface area contributed by atoms with Gasteiger partial charge in [-0.3, -0.25) is 14.6 Å². The molecule has 0 spiro atoms. The third kappa shape index (κ3) is 5.75. The number of hydrogen-bond acceptors (Lipinski definition) is 4. The molecule has 2 atom stereocenters. The highest BCUT2D eigenvalue weighted by atomic mass is 35.5. The number of nitrogens with zero attached hydrogens (tertiary/aromatic N) is 1. The zero-order valence-corrected chi connectivity index (χ0v) is 17.3. The van der Waals surface area contributed by atoms with Crippen molar-refractivity contribution in [3.05, 3.63) is 71.1 Å². The molecule has 3 rings (SSSR count). The Bertz CT molecular complexity index is 912. The number of Topliss-reactive ketones (excluding diaryl/α,β-unsaturated/α-hetero) is 1. The normalized spacial score (nSPS) is 14.7. The van der Waals surface area contributed by atoms with Crippen molar-refractivity contribution in [2.45, 2.75) is 51.1 Å². The summed E-state index contributed by atoms with van der Waals surface area (Å²) in [7, 11) is 0. The number of pyridine rings is 1. The Hall–Kier alpha value is -2.50. The Kier molecular flexibility index (Phi) is 7.18. The second-order valence-corrected chi connectivity index (χ2v) is 7.83. The summed E-state index contributed by atoms with van der Waals surface area (Å²) in [4.78, 5) is 29.2. The molecule has 3 N–H and O–H groups in total. The summed E-state index contributed by atoms with van der Waals surface area (Å²) < 4.78 is 0. The molecule has 0 saturated carbocycles. The maximum absolute atomic E-state index is 12.4. The molecule has 6 heteroatoms. The van der Waals surface area contributed by atoms with Crippen molar-refractivity contribution in [2.24, 2.45) is 5.73 Å². The van der Waals surface area contributed by atoms with Gasteiger partial charge < -0.3 is 11.1 Å². The predicted octanol–water partition coefficient (Wildman–Crippen LogP) is 3.18. The van der Waals surface area contributed by atoms with Gasteiger partial charge in [0, 0.05) is 29.6 Å². The lowest BCUT2D eigenvalue weighted by molar-refractivity contribution is -0.128.